The maximum Gasteiger partial charge on any atom is 0.338 e. The van der Waals surface area contributed by atoms with Crippen molar-refractivity contribution >= 4 is 27.7 Å². The van der Waals surface area contributed by atoms with E-state index in [9.17, 15) is 22.8 Å². The van der Waals surface area contributed by atoms with Gasteiger partial charge in [-0.3, -0.25) is 9.59 Å². The third-order valence-corrected chi connectivity index (χ3v) is 8.46. The molecule has 2 unspecified atom stereocenters. The number of rotatable bonds is 5. The number of ether oxygens (including phenoxy) is 1. The first kappa shape index (κ1) is 26.3. The largest absolute Gasteiger partial charge is 0.452 e. The van der Waals surface area contributed by atoms with Gasteiger partial charge in [-0.05, 0) is 70.2 Å². The number of ketones is 1. The number of benzene rings is 1. The first-order valence-corrected chi connectivity index (χ1v) is 13.2. The Bertz CT molecular complexity index is 1030. The van der Waals surface area contributed by atoms with E-state index in [0.29, 0.717) is 24.9 Å². The monoisotopic (exact) mass is 492 g/mol. The highest BCUT2D eigenvalue weighted by Crippen LogP contribution is 2.36. The standard InChI is InChI=1S/C25H36N2O6S/c1-17-11-18(2)15-26(14-17)34(31,32)21-9-7-19(8-10-21)23(30)33-16-22(29)27-24(3,4)12-20(28)13-25(27,5)6/h7-10,17-18H,11-16H2,1-6H3. The Balaban J connectivity index is 1.66. The molecule has 0 bridgehead atoms. The van der Waals surface area contributed by atoms with Crippen molar-refractivity contribution < 1.29 is 27.5 Å². The fourth-order valence-electron chi connectivity index (χ4n) is 5.67. The van der Waals surface area contributed by atoms with Crippen LogP contribution in [-0.2, 0) is 24.3 Å². The number of likely N-dealkylation sites (tertiary alicyclic amines) is 1. The Morgan fingerprint density at radius 3 is 1.97 bits per heavy atom. The van der Waals surface area contributed by atoms with Gasteiger partial charge in [-0.2, -0.15) is 4.31 Å². The van der Waals surface area contributed by atoms with Crippen LogP contribution in [0.4, 0.5) is 0 Å². The van der Waals surface area contributed by atoms with E-state index in [2.05, 4.69) is 0 Å². The number of piperidine rings is 2. The highest BCUT2D eigenvalue weighted by atomic mass is 32.2. The number of Topliss-reactive ketones (excluding diaryl/α,β-unsaturated/α-hetero) is 1. The molecule has 2 atom stereocenters. The average molecular weight is 493 g/mol. The molecule has 0 spiro atoms. The van der Waals surface area contributed by atoms with E-state index in [1.165, 1.54) is 28.6 Å². The number of sulfonamides is 1. The van der Waals surface area contributed by atoms with Crippen LogP contribution in [0.3, 0.4) is 0 Å². The molecule has 3 rings (SSSR count). The van der Waals surface area contributed by atoms with Crippen molar-refractivity contribution in [1.29, 1.82) is 0 Å². The maximum atomic E-state index is 13.0. The van der Waals surface area contributed by atoms with Crippen LogP contribution in [0.1, 0.15) is 71.2 Å². The summed E-state index contributed by atoms with van der Waals surface area (Å²) in [6.45, 7) is 11.9. The first-order chi connectivity index (χ1) is 15.6. The number of hydrogen-bond acceptors (Lipinski definition) is 6. The third-order valence-electron chi connectivity index (χ3n) is 6.61. The molecule has 1 aromatic rings. The van der Waals surface area contributed by atoms with E-state index in [1.807, 2.05) is 41.5 Å². The van der Waals surface area contributed by atoms with Crippen LogP contribution in [0.25, 0.3) is 0 Å². The Morgan fingerprint density at radius 2 is 1.47 bits per heavy atom. The lowest BCUT2D eigenvalue weighted by atomic mass is 9.79. The van der Waals surface area contributed by atoms with Gasteiger partial charge in [0, 0.05) is 37.0 Å². The number of esters is 1. The second kappa shape index (κ2) is 9.41. The summed E-state index contributed by atoms with van der Waals surface area (Å²) in [6, 6.07) is 5.62. The van der Waals surface area contributed by atoms with Crippen LogP contribution < -0.4 is 0 Å². The molecule has 2 aliphatic rings. The maximum absolute atomic E-state index is 13.0. The zero-order valence-corrected chi connectivity index (χ0v) is 21.8. The number of carbonyl (C=O) groups is 3. The fraction of sp³-hybridized carbons (Fsp3) is 0.640. The minimum Gasteiger partial charge on any atom is -0.452 e. The molecular formula is C25H36N2O6S. The Morgan fingerprint density at radius 1 is 0.971 bits per heavy atom. The van der Waals surface area contributed by atoms with Crippen molar-refractivity contribution in [3.63, 3.8) is 0 Å². The van der Waals surface area contributed by atoms with Gasteiger partial charge >= 0.3 is 5.97 Å². The predicted molar refractivity (Wildman–Crippen MR) is 128 cm³/mol. The Labute approximate surface area is 202 Å². The fourth-order valence-corrected chi connectivity index (χ4v) is 7.35. The van der Waals surface area contributed by atoms with Gasteiger partial charge in [0.2, 0.25) is 10.0 Å². The molecule has 188 valence electrons. The van der Waals surface area contributed by atoms with Gasteiger partial charge in [-0.15, -0.1) is 0 Å². The molecule has 1 amide bonds. The van der Waals surface area contributed by atoms with Crippen molar-refractivity contribution in [3.8, 4) is 0 Å². The van der Waals surface area contributed by atoms with Gasteiger partial charge in [-0.25, -0.2) is 13.2 Å². The minimum absolute atomic E-state index is 0.0968. The molecule has 0 N–H and O–H groups in total. The Hall–Kier alpha value is -2.26. The first-order valence-electron chi connectivity index (χ1n) is 11.8. The van der Waals surface area contributed by atoms with E-state index >= 15 is 0 Å². The van der Waals surface area contributed by atoms with E-state index < -0.39 is 33.7 Å². The van der Waals surface area contributed by atoms with Gasteiger partial charge in [0.15, 0.2) is 6.61 Å². The molecule has 34 heavy (non-hydrogen) atoms. The summed E-state index contributed by atoms with van der Waals surface area (Å²) in [5.74, 6) is -0.402. The summed E-state index contributed by atoms with van der Waals surface area (Å²) in [5, 5.41) is 0. The number of hydrogen-bond donors (Lipinski definition) is 0. The molecule has 8 nitrogen and oxygen atoms in total. The van der Waals surface area contributed by atoms with Crippen molar-refractivity contribution in [2.75, 3.05) is 19.7 Å². The predicted octanol–water partition coefficient (Wildman–Crippen LogP) is 3.26. The summed E-state index contributed by atoms with van der Waals surface area (Å²) in [6.07, 6.45) is 1.50. The molecular weight excluding hydrogens is 456 g/mol. The highest BCUT2D eigenvalue weighted by molar-refractivity contribution is 7.89. The van der Waals surface area contributed by atoms with E-state index in [4.69, 9.17) is 4.74 Å². The topological polar surface area (TPSA) is 101 Å². The van der Waals surface area contributed by atoms with E-state index in [0.717, 1.165) is 6.42 Å². The quantitative estimate of drug-likeness (QED) is 0.585. The lowest BCUT2D eigenvalue weighted by molar-refractivity contribution is -0.156. The molecule has 0 radical (unpaired) electrons. The lowest BCUT2D eigenvalue weighted by Crippen LogP contribution is -2.63. The summed E-state index contributed by atoms with van der Waals surface area (Å²) in [5.41, 5.74) is -1.19. The van der Waals surface area contributed by atoms with Crippen LogP contribution in [-0.4, -0.2) is 66.1 Å². The number of amides is 1. The lowest BCUT2D eigenvalue weighted by Gasteiger charge is -2.51. The SMILES string of the molecule is CC1CC(C)CN(S(=O)(=O)c2ccc(C(=O)OCC(=O)N3C(C)(C)CC(=O)CC3(C)C)cc2)C1. The summed E-state index contributed by atoms with van der Waals surface area (Å²) in [4.78, 5) is 39.3. The van der Waals surface area contributed by atoms with Gasteiger partial charge in [0.05, 0.1) is 10.5 Å². The molecule has 0 aromatic heterocycles. The number of carbonyl (C=O) groups excluding carboxylic acids is 3. The summed E-state index contributed by atoms with van der Waals surface area (Å²) in [7, 11) is -3.65. The molecule has 2 saturated heterocycles. The second-order valence-corrected chi connectivity index (χ2v) is 13.1. The van der Waals surface area contributed by atoms with E-state index in [-0.39, 0.29) is 35.0 Å². The van der Waals surface area contributed by atoms with E-state index in [1.54, 1.807) is 4.90 Å². The van der Waals surface area contributed by atoms with Crippen LogP contribution in [0.15, 0.2) is 29.2 Å². The molecule has 0 saturated carbocycles. The molecule has 2 heterocycles. The second-order valence-electron chi connectivity index (χ2n) is 11.1. The van der Waals surface area contributed by atoms with Crippen molar-refractivity contribution in [2.24, 2.45) is 11.8 Å². The van der Waals surface area contributed by atoms with Crippen LogP contribution in [0.5, 0.6) is 0 Å². The summed E-state index contributed by atoms with van der Waals surface area (Å²) < 4.78 is 32.8. The zero-order chi connectivity index (χ0) is 25.5. The summed E-state index contributed by atoms with van der Waals surface area (Å²) >= 11 is 0. The van der Waals surface area contributed by atoms with Gasteiger partial charge < -0.3 is 9.64 Å². The third kappa shape index (κ3) is 5.51. The van der Waals surface area contributed by atoms with Crippen molar-refractivity contribution in [2.45, 2.75) is 76.8 Å². The number of nitrogens with zero attached hydrogens (tertiary/aromatic N) is 2. The van der Waals surface area contributed by atoms with Crippen LogP contribution in [0, 0.1) is 11.8 Å². The smallest absolute Gasteiger partial charge is 0.338 e. The van der Waals surface area contributed by atoms with Gasteiger partial charge in [0.1, 0.15) is 5.78 Å². The average Bonchev–Trinajstić information content (AvgIpc) is 2.69. The highest BCUT2D eigenvalue weighted by Gasteiger charge is 2.47. The minimum atomic E-state index is -3.65. The molecule has 0 aliphatic carbocycles. The molecule has 1 aromatic carbocycles. The van der Waals surface area contributed by atoms with Crippen molar-refractivity contribution in [1.82, 2.24) is 9.21 Å². The zero-order valence-electron chi connectivity index (χ0n) is 21.0. The van der Waals surface area contributed by atoms with Crippen LogP contribution >= 0.6 is 0 Å². The molecule has 9 heteroatoms. The normalized spacial score (nSPS) is 25.1. The molecule has 2 aliphatic heterocycles. The Kier molecular flexibility index (Phi) is 7.30. The van der Waals surface area contributed by atoms with Gasteiger partial charge in [-0.1, -0.05) is 13.8 Å². The molecule has 2 fully saturated rings. The van der Waals surface area contributed by atoms with Crippen molar-refractivity contribution in [3.05, 3.63) is 29.8 Å². The van der Waals surface area contributed by atoms with Gasteiger partial charge in [0.25, 0.3) is 5.91 Å². The van der Waals surface area contributed by atoms with Crippen LogP contribution in [0.2, 0.25) is 0 Å².